The SMILES string of the molecule is Cc1sc2nc(CSCC(=O)c3ccc(Cl)s3)[nH]c(=O)c2c1C. The summed E-state index contributed by atoms with van der Waals surface area (Å²) in [5.41, 5.74) is 0.881. The quantitative estimate of drug-likeness (QED) is 0.661. The minimum Gasteiger partial charge on any atom is -0.309 e. The van der Waals surface area contributed by atoms with E-state index in [0.29, 0.717) is 31.9 Å². The number of aryl methyl sites for hydroxylation is 2. The zero-order chi connectivity index (χ0) is 16.6. The standard InChI is InChI=1S/C15H13ClN2O2S3/c1-7-8(2)22-15-13(7)14(20)17-12(18-15)6-21-5-9(19)10-3-4-11(16)23-10/h3-4H,5-6H2,1-2H3,(H,17,18,20). The maximum absolute atomic E-state index is 12.2. The summed E-state index contributed by atoms with van der Waals surface area (Å²) in [6, 6.07) is 3.46. The largest absolute Gasteiger partial charge is 0.309 e. The van der Waals surface area contributed by atoms with Gasteiger partial charge in [-0.3, -0.25) is 9.59 Å². The van der Waals surface area contributed by atoms with Gasteiger partial charge in [-0.2, -0.15) is 0 Å². The number of nitrogens with zero attached hydrogens (tertiary/aromatic N) is 1. The molecule has 3 heterocycles. The van der Waals surface area contributed by atoms with E-state index in [0.717, 1.165) is 15.3 Å². The first kappa shape index (κ1) is 16.7. The van der Waals surface area contributed by atoms with Crippen LogP contribution in [0.25, 0.3) is 10.2 Å². The maximum Gasteiger partial charge on any atom is 0.259 e. The predicted octanol–water partition coefficient (Wildman–Crippen LogP) is 4.43. The van der Waals surface area contributed by atoms with Crippen LogP contribution >= 0.6 is 46.0 Å². The van der Waals surface area contributed by atoms with Gasteiger partial charge in [-0.05, 0) is 31.5 Å². The number of nitrogens with one attached hydrogen (secondary N) is 1. The molecule has 0 bridgehead atoms. The van der Waals surface area contributed by atoms with Gasteiger partial charge in [0, 0.05) is 4.88 Å². The fourth-order valence-corrected chi connectivity index (χ4v) is 5.04. The molecule has 0 aliphatic rings. The molecule has 23 heavy (non-hydrogen) atoms. The molecule has 4 nitrogen and oxygen atoms in total. The summed E-state index contributed by atoms with van der Waals surface area (Å²) in [5, 5.41) is 0.672. The van der Waals surface area contributed by atoms with Gasteiger partial charge in [0.25, 0.3) is 5.56 Å². The second-order valence-corrected chi connectivity index (χ2v) is 8.90. The average molecular weight is 385 g/mol. The van der Waals surface area contributed by atoms with Gasteiger partial charge in [-0.15, -0.1) is 34.4 Å². The van der Waals surface area contributed by atoms with Crippen LogP contribution in [0.1, 0.15) is 25.9 Å². The first-order valence-corrected chi connectivity index (χ1v) is 9.97. The van der Waals surface area contributed by atoms with E-state index in [-0.39, 0.29) is 11.3 Å². The third kappa shape index (κ3) is 3.52. The molecule has 8 heteroatoms. The highest BCUT2D eigenvalue weighted by Crippen LogP contribution is 2.26. The number of aromatic amines is 1. The molecule has 0 radical (unpaired) electrons. The zero-order valence-electron chi connectivity index (χ0n) is 12.4. The van der Waals surface area contributed by atoms with E-state index in [1.807, 2.05) is 13.8 Å². The molecule has 1 N–H and O–H groups in total. The Hall–Kier alpha value is -1.15. The number of fused-ring (bicyclic) bond motifs is 1. The molecule has 0 saturated heterocycles. The lowest BCUT2D eigenvalue weighted by Gasteiger charge is -2.01. The number of rotatable bonds is 5. The maximum atomic E-state index is 12.2. The van der Waals surface area contributed by atoms with E-state index in [9.17, 15) is 9.59 Å². The molecule has 0 atom stereocenters. The molecule has 3 aromatic rings. The van der Waals surface area contributed by atoms with Crippen LogP contribution in [0.4, 0.5) is 0 Å². The van der Waals surface area contributed by atoms with Crippen molar-refractivity contribution in [1.82, 2.24) is 9.97 Å². The number of aromatic nitrogens is 2. The van der Waals surface area contributed by atoms with Crippen molar-refractivity contribution >= 4 is 62.0 Å². The van der Waals surface area contributed by atoms with Gasteiger partial charge in [-0.25, -0.2) is 4.98 Å². The van der Waals surface area contributed by atoms with Crippen molar-refractivity contribution < 1.29 is 4.79 Å². The first-order valence-electron chi connectivity index (χ1n) is 6.81. The van der Waals surface area contributed by atoms with Crippen LogP contribution in [0.15, 0.2) is 16.9 Å². The van der Waals surface area contributed by atoms with Gasteiger partial charge >= 0.3 is 0 Å². The van der Waals surface area contributed by atoms with Crippen LogP contribution in [0.5, 0.6) is 0 Å². The van der Waals surface area contributed by atoms with Gasteiger partial charge < -0.3 is 4.98 Å². The fraction of sp³-hybridized carbons (Fsp3) is 0.267. The molecule has 0 spiro atoms. The molecule has 0 unspecified atom stereocenters. The summed E-state index contributed by atoms with van der Waals surface area (Å²) < 4.78 is 0.609. The second kappa shape index (κ2) is 6.76. The molecule has 0 amide bonds. The highest BCUT2D eigenvalue weighted by atomic mass is 35.5. The van der Waals surface area contributed by atoms with Gasteiger partial charge in [0.2, 0.25) is 0 Å². The minimum absolute atomic E-state index is 0.0399. The summed E-state index contributed by atoms with van der Waals surface area (Å²) in [5.74, 6) is 1.47. The van der Waals surface area contributed by atoms with Crippen molar-refractivity contribution in [2.75, 3.05) is 5.75 Å². The molecule has 0 fully saturated rings. The van der Waals surface area contributed by atoms with Crippen molar-refractivity contribution in [2.24, 2.45) is 0 Å². The van der Waals surface area contributed by atoms with Gasteiger partial charge in [0.05, 0.1) is 26.1 Å². The molecule has 120 valence electrons. The summed E-state index contributed by atoms with van der Waals surface area (Å²) in [6.07, 6.45) is 0. The van der Waals surface area contributed by atoms with Crippen molar-refractivity contribution in [3.05, 3.63) is 48.0 Å². The van der Waals surface area contributed by atoms with E-state index in [1.54, 1.807) is 12.1 Å². The third-order valence-electron chi connectivity index (χ3n) is 3.41. The average Bonchev–Trinajstić information content (AvgIpc) is 3.04. The summed E-state index contributed by atoms with van der Waals surface area (Å²) in [6.45, 7) is 3.92. The molecule has 3 aromatic heterocycles. The van der Waals surface area contributed by atoms with Gasteiger partial charge in [0.15, 0.2) is 5.78 Å². The first-order chi connectivity index (χ1) is 11.0. The Balaban J connectivity index is 1.70. The monoisotopic (exact) mass is 384 g/mol. The van der Waals surface area contributed by atoms with E-state index < -0.39 is 0 Å². The minimum atomic E-state index is -0.108. The molecule has 3 rings (SSSR count). The fourth-order valence-electron chi connectivity index (χ4n) is 2.14. The topological polar surface area (TPSA) is 62.8 Å². The predicted molar refractivity (Wildman–Crippen MR) is 99.5 cm³/mol. The highest BCUT2D eigenvalue weighted by Gasteiger charge is 2.13. The van der Waals surface area contributed by atoms with E-state index in [1.165, 1.54) is 34.4 Å². The molecule has 0 aromatic carbocycles. The number of halogens is 1. The zero-order valence-corrected chi connectivity index (χ0v) is 15.6. The summed E-state index contributed by atoms with van der Waals surface area (Å²) >= 11 is 10.1. The van der Waals surface area contributed by atoms with Crippen LogP contribution in [0.3, 0.4) is 0 Å². The van der Waals surface area contributed by atoms with E-state index >= 15 is 0 Å². The number of hydrogen-bond acceptors (Lipinski definition) is 6. The van der Waals surface area contributed by atoms with Crippen molar-refractivity contribution in [1.29, 1.82) is 0 Å². The van der Waals surface area contributed by atoms with Crippen molar-refractivity contribution in [3.63, 3.8) is 0 Å². The Morgan fingerprint density at radius 3 is 2.83 bits per heavy atom. The lowest BCUT2D eigenvalue weighted by molar-refractivity contribution is 0.102. The van der Waals surface area contributed by atoms with E-state index in [4.69, 9.17) is 11.6 Å². The van der Waals surface area contributed by atoms with E-state index in [2.05, 4.69) is 9.97 Å². The van der Waals surface area contributed by atoms with Gasteiger partial charge in [-0.1, -0.05) is 11.6 Å². The highest BCUT2D eigenvalue weighted by molar-refractivity contribution is 7.99. The number of ketones is 1. The summed E-state index contributed by atoms with van der Waals surface area (Å²) in [4.78, 5) is 34.0. The normalized spacial score (nSPS) is 11.3. The van der Waals surface area contributed by atoms with Crippen molar-refractivity contribution in [2.45, 2.75) is 19.6 Å². The molecular weight excluding hydrogens is 372 g/mol. The number of H-pyrrole nitrogens is 1. The van der Waals surface area contributed by atoms with Gasteiger partial charge in [0.1, 0.15) is 10.7 Å². The van der Waals surface area contributed by atoms with Crippen LogP contribution in [0, 0.1) is 13.8 Å². The molecule has 0 saturated carbocycles. The number of hydrogen-bond donors (Lipinski definition) is 1. The Morgan fingerprint density at radius 1 is 1.35 bits per heavy atom. The Morgan fingerprint density at radius 2 is 2.13 bits per heavy atom. The lowest BCUT2D eigenvalue weighted by atomic mass is 10.2. The second-order valence-electron chi connectivity index (χ2n) is 5.00. The third-order valence-corrected chi connectivity index (χ3v) is 6.73. The Labute approximate surface area is 149 Å². The number of thioether (sulfide) groups is 1. The van der Waals surface area contributed by atoms with Crippen LogP contribution in [-0.2, 0) is 5.75 Å². The number of carbonyl (C=O) groups excluding carboxylic acids is 1. The summed E-state index contributed by atoms with van der Waals surface area (Å²) in [7, 11) is 0. The lowest BCUT2D eigenvalue weighted by Crippen LogP contribution is -2.11. The Bertz CT molecular complexity index is 942. The van der Waals surface area contributed by atoms with Crippen LogP contribution in [-0.4, -0.2) is 21.5 Å². The Kier molecular flexibility index (Phi) is 4.91. The number of Topliss-reactive ketones (excluding diaryl/α,β-unsaturated/α-hetero) is 1. The number of thiophene rings is 2. The van der Waals surface area contributed by atoms with Crippen molar-refractivity contribution in [3.8, 4) is 0 Å². The molecule has 0 aliphatic carbocycles. The smallest absolute Gasteiger partial charge is 0.259 e. The molecule has 0 aliphatic heterocycles. The van der Waals surface area contributed by atoms with Crippen LogP contribution < -0.4 is 5.56 Å². The number of carbonyl (C=O) groups is 1. The van der Waals surface area contributed by atoms with Crippen LogP contribution in [0.2, 0.25) is 4.34 Å². The molecular formula is C15H13ClN2O2S3.